The van der Waals surface area contributed by atoms with E-state index in [0.717, 1.165) is 12.1 Å². The molecule has 0 aliphatic rings. The van der Waals surface area contributed by atoms with Gasteiger partial charge in [-0.3, -0.25) is 0 Å². The molecule has 114 valence electrons. The molecular formula is C11H16F2N2O3S2. The molecule has 1 unspecified atom stereocenters. The van der Waals surface area contributed by atoms with E-state index in [1.165, 1.54) is 18.7 Å². The first kappa shape index (κ1) is 17.2. The molecule has 20 heavy (non-hydrogen) atoms. The quantitative estimate of drug-likeness (QED) is 0.677. The van der Waals surface area contributed by atoms with Crippen molar-refractivity contribution >= 4 is 27.5 Å². The van der Waals surface area contributed by atoms with Gasteiger partial charge in [-0.2, -0.15) is 11.8 Å². The molecule has 0 amide bonds. The van der Waals surface area contributed by atoms with Crippen LogP contribution in [0, 0.1) is 11.6 Å². The Kier molecular flexibility index (Phi) is 5.36. The third-order valence-electron chi connectivity index (χ3n) is 2.39. The van der Waals surface area contributed by atoms with Crippen LogP contribution in [0.15, 0.2) is 17.0 Å². The van der Waals surface area contributed by atoms with Gasteiger partial charge in [0.15, 0.2) is 4.90 Å². The van der Waals surface area contributed by atoms with Crippen molar-refractivity contribution in [3.05, 3.63) is 23.8 Å². The Hall–Kier alpha value is -0.900. The highest BCUT2D eigenvalue weighted by molar-refractivity contribution is 7.98. The number of aliphatic hydroxyl groups is 1. The van der Waals surface area contributed by atoms with Crippen molar-refractivity contribution in [3.8, 4) is 0 Å². The molecule has 9 heteroatoms. The predicted octanol–water partition coefficient (Wildman–Crippen LogP) is 0.939. The highest BCUT2D eigenvalue weighted by Crippen LogP contribution is 2.22. The summed E-state index contributed by atoms with van der Waals surface area (Å²) >= 11 is 1.31. The Bertz CT molecular complexity index is 568. The van der Waals surface area contributed by atoms with Gasteiger partial charge in [-0.25, -0.2) is 21.9 Å². The molecule has 4 N–H and O–H groups in total. The number of hydrogen-bond acceptors (Lipinski definition) is 5. The third kappa shape index (κ3) is 4.30. The summed E-state index contributed by atoms with van der Waals surface area (Å²) in [4.78, 5) is -1.10. The van der Waals surface area contributed by atoms with Gasteiger partial charge in [0.25, 0.3) is 0 Å². The average Bonchev–Trinajstić information content (AvgIpc) is 2.24. The summed E-state index contributed by atoms with van der Waals surface area (Å²) in [5.74, 6) is -2.29. The molecule has 0 fully saturated rings. The van der Waals surface area contributed by atoms with Gasteiger partial charge in [0.2, 0.25) is 10.0 Å². The molecule has 0 spiro atoms. The third-order valence-corrected chi connectivity index (χ3v) is 4.75. The van der Waals surface area contributed by atoms with Gasteiger partial charge in [0.1, 0.15) is 11.6 Å². The van der Waals surface area contributed by atoms with Crippen molar-refractivity contribution in [2.75, 3.05) is 24.3 Å². The second-order valence-electron chi connectivity index (χ2n) is 4.57. The molecule has 0 saturated carbocycles. The number of rotatable bonds is 6. The van der Waals surface area contributed by atoms with Gasteiger partial charge in [0.05, 0.1) is 5.60 Å². The molecule has 1 rings (SSSR count). The van der Waals surface area contributed by atoms with Crippen LogP contribution in [0.4, 0.5) is 14.5 Å². The monoisotopic (exact) mass is 326 g/mol. The highest BCUT2D eigenvalue weighted by atomic mass is 32.2. The first-order valence-electron chi connectivity index (χ1n) is 5.54. The summed E-state index contributed by atoms with van der Waals surface area (Å²) in [6.45, 7) is 1.06. The maximum absolute atomic E-state index is 13.6. The Balaban J connectivity index is 3.01. The lowest BCUT2D eigenvalue weighted by Gasteiger charge is -2.22. The van der Waals surface area contributed by atoms with Crippen LogP contribution in [0.5, 0.6) is 0 Å². The smallest absolute Gasteiger partial charge is 0.246 e. The van der Waals surface area contributed by atoms with Gasteiger partial charge >= 0.3 is 0 Å². The lowest BCUT2D eigenvalue weighted by molar-refractivity contribution is 0.0908. The van der Waals surface area contributed by atoms with Crippen molar-refractivity contribution in [1.82, 2.24) is 4.72 Å². The van der Waals surface area contributed by atoms with E-state index in [1.54, 1.807) is 6.26 Å². The molecule has 0 radical (unpaired) electrons. The lowest BCUT2D eigenvalue weighted by atomic mass is 10.1. The molecule has 0 aliphatic carbocycles. The standard InChI is InChI=1S/C11H16F2N2O3S2/c1-11(16,6-19-2)5-15-20(17,18)10-8(12)3-7(14)4-9(10)13/h3-4,15-16H,5-6,14H2,1-2H3. The summed E-state index contributed by atoms with van der Waals surface area (Å²) in [7, 11) is -4.41. The van der Waals surface area contributed by atoms with Crippen molar-refractivity contribution in [2.45, 2.75) is 17.4 Å². The van der Waals surface area contributed by atoms with E-state index < -0.39 is 32.2 Å². The van der Waals surface area contributed by atoms with Crippen LogP contribution in [0.2, 0.25) is 0 Å². The second-order valence-corrected chi connectivity index (χ2v) is 7.14. The molecule has 0 saturated heterocycles. The zero-order valence-corrected chi connectivity index (χ0v) is 12.6. The highest BCUT2D eigenvalue weighted by Gasteiger charge is 2.28. The Morgan fingerprint density at radius 2 is 1.90 bits per heavy atom. The molecule has 0 aliphatic heterocycles. The van der Waals surface area contributed by atoms with Crippen molar-refractivity contribution < 1.29 is 22.3 Å². The Labute approximate surface area is 120 Å². The van der Waals surface area contributed by atoms with Crippen LogP contribution in [-0.4, -0.2) is 37.7 Å². The van der Waals surface area contributed by atoms with Crippen molar-refractivity contribution in [3.63, 3.8) is 0 Å². The topological polar surface area (TPSA) is 92.4 Å². The minimum absolute atomic E-state index is 0.215. The fourth-order valence-corrected chi connectivity index (χ4v) is 3.52. The lowest BCUT2D eigenvalue weighted by Crippen LogP contribution is -2.42. The largest absolute Gasteiger partial charge is 0.399 e. The maximum atomic E-state index is 13.6. The van der Waals surface area contributed by atoms with Crippen molar-refractivity contribution in [2.24, 2.45) is 0 Å². The molecule has 1 aromatic rings. The zero-order chi connectivity index (χ0) is 15.6. The molecule has 0 aromatic heterocycles. The van der Waals surface area contributed by atoms with E-state index in [1.807, 2.05) is 4.72 Å². The van der Waals surface area contributed by atoms with E-state index in [0.29, 0.717) is 0 Å². The van der Waals surface area contributed by atoms with E-state index in [4.69, 9.17) is 5.73 Å². The van der Waals surface area contributed by atoms with Gasteiger partial charge in [-0.15, -0.1) is 0 Å². The van der Waals surface area contributed by atoms with Crippen LogP contribution in [0.1, 0.15) is 6.92 Å². The van der Waals surface area contributed by atoms with Crippen LogP contribution in [0.25, 0.3) is 0 Å². The number of sulfonamides is 1. The van der Waals surface area contributed by atoms with Crippen LogP contribution in [0.3, 0.4) is 0 Å². The number of thioether (sulfide) groups is 1. The second kappa shape index (κ2) is 6.25. The Morgan fingerprint density at radius 3 is 2.35 bits per heavy atom. The van der Waals surface area contributed by atoms with Gasteiger partial charge in [0, 0.05) is 18.0 Å². The zero-order valence-electron chi connectivity index (χ0n) is 11.0. The summed E-state index contributed by atoms with van der Waals surface area (Å²) in [6.07, 6.45) is 1.74. The summed E-state index contributed by atoms with van der Waals surface area (Å²) in [5, 5.41) is 9.85. The molecule has 5 nitrogen and oxygen atoms in total. The predicted molar refractivity (Wildman–Crippen MR) is 75.0 cm³/mol. The molecular weight excluding hydrogens is 310 g/mol. The van der Waals surface area contributed by atoms with Crippen LogP contribution in [-0.2, 0) is 10.0 Å². The number of halogens is 2. The van der Waals surface area contributed by atoms with E-state index in [-0.39, 0.29) is 18.0 Å². The van der Waals surface area contributed by atoms with Crippen molar-refractivity contribution in [1.29, 1.82) is 0 Å². The number of anilines is 1. The SMILES string of the molecule is CSCC(C)(O)CNS(=O)(=O)c1c(F)cc(N)cc1F. The number of nitrogen functional groups attached to an aromatic ring is 1. The molecule has 0 bridgehead atoms. The Morgan fingerprint density at radius 1 is 1.40 bits per heavy atom. The van der Waals surface area contributed by atoms with Gasteiger partial charge in [-0.05, 0) is 25.3 Å². The fourth-order valence-electron chi connectivity index (χ4n) is 1.52. The first-order valence-corrected chi connectivity index (χ1v) is 8.42. The number of benzene rings is 1. The fraction of sp³-hybridized carbons (Fsp3) is 0.455. The normalized spacial score (nSPS) is 15.1. The van der Waals surface area contributed by atoms with Crippen LogP contribution >= 0.6 is 11.8 Å². The van der Waals surface area contributed by atoms with Crippen LogP contribution < -0.4 is 10.5 Å². The molecule has 1 aromatic carbocycles. The first-order chi connectivity index (χ1) is 9.09. The summed E-state index contributed by atoms with van der Waals surface area (Å²) in [6, 6.07) is 1.44. The van der Waals surface area contributed by atoms with E-state index >= 15 is 0 Å². The molecule has 0 heterocycles. The van der Waals surface area contributed by atoms with E-state index in [2.05, 4.69) is 0 Å². The average molecular weight is 326 g/mol. The van der Waals surface area contributed by atoms with Gasteiger partial charge in [-0.1, -0.05) is 0 Å². The maximum Gasteiger partial charge on any atom is 0.246 e. The number of hydrogen-bond donors (Lipinski definition) is 3. The summed E-state index contributed by atoms with van der Waals surface area (Å²) < 4.78 is 52.9. The molecule has 1 atom stereocenters. The number of nitrogens with two attached hydrogens (primary N) is 1. The minimum Gasteiger partial charge on any atom is -0.399 e. The van der Waals surface area contributed by atoms with E-state index in [9.17, 15) is 22.3 Å². The van der Waals surface area contributed by atoms with Gasteiger partial charge < -0.3 is 10.8 Å². The minimum atomic E-state index is -4.41. The number of nitrogens with one attached hydrogen (secondary N) is 1. The summed E-state index contributed by atoms with van der Waals surface area (Å²) in [5.41, 5.74) is 3.68.